The van der Waals surface area contributed by atoms with Crippen molar-refractivity contribution in [2.45, 2.75) is 43.4 Å². The van der Waals surface area contributed by atoms with Gasteiger partial charge in [-0.15, -0.1) is 0 Å². The van der Waals surface area contributed by atoms with Crippen LogP contribution in [0.15, 0.2) is 53.4 Å². The van der Waals surface area contributed by atoms with Gasteiger partial charge in [-0.1, -0.05) is 37.6 Å². The Hall–Kier alpha value is -1.85. The van der Waals surface area contributed by atoms with E-state index >= 15 is 0 Å². The van der Waals surface area contributed by atoms with Gasteiger partial charge in [-0.05, 0) is 60.6 Å². The van der Waals surface area contributed by atoms with Crippen molar-refractivity contribution in [1.29, 1.82) is 0 Å². The van der Waals surface area contributed by atoms with Gasteiger partial charge in [0.2, 0.25) is 10.0 Å². The molecule has 0 bridgehead atoms. The molecule has 1 unspecified atom stereocenters. The minimum Gasteiger partial charge on any atom is -0.497 e. The van der Waals surface area contributed by atoms with E-state index in [1.807, 2.05) is 24.3 Å². The molecule has 1 aliphatic rings. The lowest BCUT2D eigenvalue weighted by atomic mass is 9.94. The number of aryl methyl sites for hydroxylation is 1. The molecule has 0 aromatic heterocycles. The number of nitrogens with zero attached hydrogens (tertiary/aromatic N) is 1. The zero-order valence-corrected chi connectivity index (χ0v) is 16.3. The van der Waals surface area contributed by atoms with Crippen molar-refractivity contribution >= 4 is 10.0 Å². The maximum atomic E-state index is 13.1. The number of sulfonamides is 1. The van der Waals surface area contributed by atoms with E-state index in [0.717, 1.165) is 37.0 Å². The van der Waals surface area contributed by atoms with Crippen LogP contribution in [0.25, 0.3) is 0 Å². The van der Waals surface area contributed by atoms with Gasteiger partial charge in [-0.25, -0.2) is 8.42 Å². The quantitative estimate of drug-likeness (QED) is 0.788. The first-order valence-electron chi connectivity index (χ1n) is 9.27. The fourth-order valence-corrected chi connectivity index (χ4v) is 5.04. The van der Waals surface area contributed by atoms with Gasteiger partial charge in [-0.3, -0.25) is 0 Å². The molecular weight excluding hydrogens is 346 g/mol. The first-order chi connectivity index (χ1) is 12.5. The van der Waals surface area contributed by atoms with Crippen LogP contribution in [0.4, 0.5) is 0 Å². The molecule has 5 heteroatoms. The molecule has 0 amide bonds. The van der Waals surface area contributed by atoms with E-state index in [4.69, 9.17) is 4.74 Å². The zero-order chi connectivity index (χ0) is 18.6. The SMILES string of the molecule is CCc1ccc(S(=O)(=O)N2CCCCC(c3ccc(OC)cc3)C2)cc1. The summed E-state index contributed by atoms with van der Waals surface area (Å²) in [6.45, 7) is 3.19. The third kappa shape index (κ3) is 4.10. The molecule has 1 heterocycles. The fraction of sp³-hybridized carbons (Fsp3) is 0.429. The van der Waals surface area contributed by atoms with E-state index in [2.05, 4.69) is 19.1 Å². The molecule has 2 aromatic carbocycles. The lowest BCUT2D eigenvalue weighted by Crippen LogP contribution is -2.34. The van der Waals surface area contributed by atoms with Crippen LogP contribution in [0, 0.1) is 0 Å². The molecule has 1 aliphatic heterocycles. The minimum atomic E-state index is -3.46. The van der Waals surface area contributed by atoms with Crippen LogP contribution in [-0.4, -0.2) is 32.9 Å². The summed E-state index contributed by atoms with van der Waals surface area (Å²) in [6, 6.07) is 15.3. The van der Waals surface area contributed by atoms with Crippen LogP contribution in [0.2, 0.25) is 0 Å². The van der Waals surface area contributed by atoms with Crippen molar-refractivity contribution in [3.05, 3.63) is 59.7 Å². The third-order valence-electron chi connectivity index (χ3n) is 5.19. The van der Waals surface area contributed by atoms with Gasteiger partial charge in [-0.2, -0.15) is 4.31 Å². The summed E-state index contributed by atoms with van der Waals surface area (Å²) in [5.74, 6) is 1.04. The minimum absolute atomic E-state index is 0.216. The Labute approximate surface area is 156 Å². The van der Waals surface area contributed by atoms with Crippen molar-refractivity contribution in [2.24, 2.45) is 0 Å². The molecular formula is C21H27NO3S. The van der Waals surface area contributed by atoms with E-state index in [9.17, 15) is 8.42 Å². The van der Waals surface area contributed by atoms with Gasteiger partial charge in [0.15, 0.2) is 0 Å². The van der Waals surface area contributed by atoms with Crippen LogP contribution in [0.1, 0.15) is 43.2 Å². The average Bonchev–Trinajstić information content (AvgIpc) is 2.95. The molecule has 26 heavy (non-hydrogen) atoms. The topological polar surface area (TPSA) is 46.6 Å². The third-order valence-corrected chi connectivity index (χ3v) is 7.07. The Morgan fingerprint density at radius 1 is 1.04 bits per heavy atom. The number of hydrogen-bond acceptors (Lipinski definition) is 3. The molecule has 1 fully saturated rings. The lowest BCUT2D eigenvalue weighted by molar-refractivity contribution is 0.404. The van der Waals surface area contributed by atoms with Crippen molar-refractivity contribution in [1.82, 2.24) is 4.31 Å². The summed E-state index contributed by atoms with van der Waals surface area (Å²) in [7, 11) is -1.80. The molecule has 3 rings (SSSR count). The smallest absolute Gasteiger partial charge is 0.243 e. The highest BCUT2D eigenvalue weighted by Gasteiger charge is 2.29. The molecule has 4 nitrogen and oxygen atoms in total. The monoisotopic (exact) mass is 373 g/mol. The van der Waals surface area contributed by atoms with E-state index in [1.165, 1.54) is 5.56 Å². The molecule has 1 saturated heterocycles. The van der Waals surface area contributed by atoms with Crippen LogP contribution >= 0.6 is 0 Å². The number of benzene rings is 2. The highest BCUT2D eigenvalue weighted by atomic mass is 32.2. The second kappa shape index (κ2) is 8.23. The maximum absolute atomic E-state index is 13.1. The molecule has 0 radical (unpaired) electrons. The molecule has 0 N–H and O–H groups in total. The fourth-order valence-electron chi connectivity index (χ4n) is 3.52. The maximum Gasteiger partial charge on any atom is 0.243 e. The molecule has 0 saturated carbocycles. The summed E-state index contributed by atoms with van der Waals surface area (Å²) in [6.07, 6.45) is 3.85. The number of ether oxygens (including phenoxy) is 1. The van der Waals surface area contributed by atoms with Crippen molar-refractivity contribution in [2.75, 3.05) is 20.2 Å². The molecule has 140 valence electrons. The van der Waals surface area contributed by atoms with E-state index < -0.39 is 10.0 Å². The van der Waals surface area contributed by atoms with Gasteiger partial charge in [0.05, 0.1) is 12.0 Å². The summed E-state index contributed by atoms with van der Waals surface area (Å²) in [5.41, 5.74) is 2.32. The van der Waals surface area contributed by atoms with Gasteiger partial charge < -0.3 is 4.74 Å². The Morgan fingerprint density at radius 3 is 2.35 bits per heavy atom. The second-order valence-corrected chi connectivity index (χ2v) is 8.76. The van der Waals surface area contributed by atoms with Crippen molar-refractivity contribution in [3.63, 3.8) is 0 Å². The highest BCUT2D eigenvalue weighted by Crippen LogP contribution is 2.30. The molecule has 0 aliphatic carbocycles. The van der Waals surface area contributed by atoms with E-state index in [1.54, 1.807) is 23.5 Å². The van der Waals surface area contributed by atoms with E-state index in [0.29, 0.717) is 18.0 Å². The van der Waals surface area contributed by atoms with Gasteiger partial charge in [0, 0.05) is 13.1 Å². The van der Waals surface area contributed by atoms with Crippen LogP contribution < -0.4 is 4.74 Å². The van der Waals surface area contributed by atoms with Crippen LogP contribution in [0.5, 0.6) is 5.75 Å². The van der Waals surface area contributed by atoms with Crippen molar-refractivity contribution < 1.29 is 13.2 Å². The lowest BCUT2D eigenvalue weighted by Gasteiger charge is -2.24. The summed E-state index contributed by atoms with van der Waals surface area (Å²) >= 11 is 0. The molecule has 1 atom stereocenters. The first-order valence-corrected chi connectivity index (χ1v) is 10.7. The van der Waals surface area contributed by atoms with Gasteiger partial charge >= 0.3 is 0 Å². The number of methoxy groups -OCH3 is 1. The Morgan fingerprint density at radius 2 is 1.73 bits per heavy atom. The second-order valence-electron chi connectivity index (χ2n) is 6.83. The van der Waals surface area contributed by atoms with E-state index in [-0.39, 0.29) is 5.92 Å². The Bertz CT molecular complexity index is 813. The molecule has 2 aromatic rings. The average molecular weight is 374 g/mol. The Kier molecular flexibility index (Phi) is 5.99. The summed E-state index contributed by atoms with van der Waals surface area (Å²) in [5, 5.41) is 0. The van der Waals surface area contributed by atoms with Crippen LogP contribution in [0.3, 0.4) is 0 Å². The largest absolute Gasteiger partial charge is 0.497 e. The molecule has 0 spiro atoms. The number of hydrogen-bond donors (Lipinski definition) is 0. The number of rotatable bonds is 5. The predicted molar refractivity (Wildman–Crippen MR) is 104 cm³/mol. The van der Waals surface area contributed by atoms with Crippen LogP contribution in [-0.2, 0) is 16.4 Å². The summed E-state index contributed by atoms with van der Waals surface area (Å²) < 4.78 is 33.1. The normalized spacial score (nSPS) is 19.1. The predicted octanol–water partition coefficient (Wildman–Crippen LogP) is 4.22. The summed E-state index contributed by atoms with van der Waals surface area (Å²) in [4.78, 5) is 0.394. The zero-order valence-electron chi connectivity index (χ0n) is 15.5. The Balaban J connectivity index is 1.83. The standard InChI is InChI=1S/C21H27NO3S/c1-3-17-7-13-21(14-8-17)26(23,24)22-15-5-4-6-19(16-22)18-9-11-20(25-2)12-10-18/h7-14,19H,3-6,15-16H2,1-2H3. The van der Waals surface area contributed by atoms with Crippen molar-refractivity contribution in [3.8, 4) is 5.75 Å². The highest BCUT2D eigenvalue weighted by molar-refractivity contribution is 7.89. The van der Waals surface area contributed by atoms with Gasteiger partial charge in [0.1, 0.15) is 5.75 Å². The van der Waals surface area contributed by atoms with Gasteiger partial charge in [0.25, 0.3) is 0 Å². The first kappa shape index (κ1) is 18.9.